The highest BCUT2D eigenvalue weighted by molar-refractivity contribution is 7.09. The van der Waals surface area contributed by atoms with E-state index in [1.807, 2.05) is 49.6 Å². The summed E-state index contributed by atoms with van der Waals surface area (Å²) in [4.78, 5) is 16.7. The third kappa shape index (κ3) is 5.25. The number of hydrogen-bond donors (Lipinski definition) is 2. The molecule has 7 heteroatoms. The van der Waals surface area contributed by atoms with Crippen LogP contribution in [-0.4, -0.2) is 17.4 Å². The van der Waals surface area contributed by atoms with Gasteiger partial charge >= 0.3 is 0 Å². The van der Waals surface area contributed by atoms with Gasteiger partial charge in [-0.2, -0.15) is 0 Å². The zero-order valence-corrected chi connectivity index (χ0v) is 14.9. The lowest BCUT2D eigenvalue weighted by molar-refractivity contribution is -0.123. The number of rotatable bonds is 5. The molecule has 2 rings (SSSR count). The van der Waals surface area contributed by atoms with Crippen LogP contribution in [0.2, 0.25) is 0 Å². The van der Waals surface area contributed by atoms with E-state index in [0.29, 0.717) is 6.54 Å². The van der Waals surface area contributed by atoms with Gasteiger partial charge in [0.05, 0.1) is 12.0 Å². The molecule has 2 aromatic rings. The summed E-state index contributed by atoms with van der Waals surface area (Å²) in [6.07, 6.45) is 0. The Balaban J connectivity index is 0.00000220. The van der Waals surface area contributed by atoms with Crippen LogP contribution < -0.4 is 11.1 Å². The van der Waals surface area contributed by atoms with Crippen molar-refractivity contribution in [3.63, 3.8) is 0 Å². The van der Waals surface area contributed by atoms with Crippen LogP contribution in [0.25, 0.3) is 0 Å². The second-order valence-corrected chi connectivity index (χ2v) is 5.65. The summed E-state index contributed by atoms with van der Waals surface area (Å²) < 4.78 is 0. The number of carbonyl (C=O) groups excluding carboxylic acids is 1. The first-order valence-electron chi connectivity index (χ1n) is 6.59. The lowest BCUT2D eigenvalue weighted by Gasteiger charge is -2.18. The van der Waals surface area contributed by atoms with Crippen molar-refractivity contribution in [3.8, 4) is 0 Å². The normalized spacial score (nSPS) is 12.5. The fourth-order valence-corrected chi connectivity index (χ4v) is 2.83. The van der Waals surface area contributed by atoms with E-state index < -0.39 is 0 Å². The number of nitrogens with two attached hydrogens (primary N) is 1. The van der Waals surface area contributed by atoms with Gasteiger partial charge in [-0.15, -0.1) is 36.2 Å². The van der Waals surface area contributed by atoms with Crippen molar-refractivity contribution in [2.45, 2.75) is 25.8 Å². The van der Waals surface area contributed by atoms with Crippen molar-refractivity contribution in [1.82, 2.24) is 10.3 Å². The standard InChI is InChI=1S/C15H19N3OS.2ClH/c1-10-9-20-15(17-10)11(2)18-14(19)13(8-16)12-6-4-3-5-7-12;;/h3-7,9,11,13H,8,16H2,1-2H3,(H,18,19);2*1H. The predicted molar refractivity (Wildman–Crippen MR) is 96.1 cm³/mol. The Hall–Kier alpha value is -1.14. The molecule has 0 aliphatic heterocycles. The van der Waals surface area contributed by atoms with Crippen LogP contribution in [0, 0.1) is 6.92 Å². The van der Waals surface area contributed by atoms with Crippen LogP contribution in [0.1, 0.15) is 35.1 Å². The Bertz CT molecular complexity index is 577. The molecule has 0 radical (unpaired) electrons. The fourth-order valence-electron chi connectivity index (χ4n) is 2.03. The van der Waals surface area contributed by atoms with Crippen molar-refractivity contribution < 1.29 is 4.79 Å². The second-order valence-electron chi connectivity index (χ2n) is 4.76. The van der Waals surface area contributed by atoms with Gasteiger partial charge < -0.3 is 11.1 Å². The van der Waals surface area contributed by atoms with E-state index in [0.717, 1.165) is 16.3 Å². The topological polar surface area (TPSA) is 68.0 Å². The number of aromatic nitrogens is 1. The minimum Gasteiger partial charge on any atom is -0.347 e. The van der Waals surface area contributed by atoms with E-state index in [1.165, 1.54) is 0 Å². The molecule has 1 heterocycles. The quantitative estimate of drug-likeness (QED) is 0.858. The zero-order valence-electron chi connectivity index (χ0n) is 12.5. The number of carbonyl (C=O) groups is 1. The predicted octanol–water partition coefficient (Wildman–Crippen LogP) is 3.21. The van der Waals surface area contributed by atoms with E-state index in [9.17, 15) is 4.79 Å². The van der Waals surface area contributed by atoms with Crippen molar-refractivity contribution >= 4 is 42.1 Å². The minimum absolute atomic E-state index is 0. The highest BCUT2D eigenvalue weighted by Crippen LogP contribution is 2.20. The lowest BCUT2D eigenvalue weighted by atomic mass is 9.98. The van der Waals surface area contributed by atoms with E-state index in [2.05, 4.69) is 10.3 Å². The molecule has 0 fully saturated rings. The molecule has 0 saturated heterocycles. The number of nitrogens with one attached hydrogen (secondary N) is 1. The van der Waals surface area contributed by atoms with Gasteiger partial charge in [-0.25, -0.2) is 4.98 Å². The largest absolute Gasteiger partial charge is 0.347 e. The summed E-state index contributed by atoms with van der Waals surface area (Å²) in [7, 11) is 0. The van der Waals surface area contributed by atoms with Crippen molar-refractivity contribution in [2.75, 3.05) is 6.54 Å². The molecular formula is C15H21Cl2N3OS. The molecule has 0 aliphatic rings. The third-order valence-electron chi connectivity index (χ3n) is 3.12. The molecule has 3 N–H and O–H groups in total. The maximum Gasteiger partial charge on any atom is 0.229 e. The molecule has 22 heavy (non-hydrogen) atoms. The summed E-state index contributed by atoms with van der Waals surface area (Å²) in [6, 6.07) is 9.51. The SMILES string of the molecule is Cc1csc(C(C)NC(=O)C(CN)c2ccccc2)n1.Cl.Cl. The molecule has 0 spiro atoms. The monoisotopic (exact) mass is 361 g/mol. The average molecular weight is 362 g/mol. The first kappa shape index (κ1) is 20.9. The van der Waals surface area contributed by atoms with Gasteiger partial charge in [0.1, 0.15) is 5.01 Å². The van der Waals surface area contributed by atoms with Gasteiger partial charge in [-0.1, -0.05) is 30.3 Å². The van der Waals surface area contributed by atoms with Gasteiger partial charge in [-0.3, -0.25) is 4.79 Å². The van der Waals surface area contributed by atoms with Crippen molar-refractivity contribution in [1.29, 1.82) is 0 Å². The van der Waals surface area contributed by atoms with Crippen molar-refractivity contribution in [2.24, 2.45) is 5.73 Å². The Morgan fingerprint density at radius 3 is 2.45 bits per heavy atom. The summed E-state index contributed by atoms with van der Waals surface area (Å²) in [5, 5.41) is 5.89. The van der Waals surface area contributed by atoms with Crippen LogP contribution in [0.3, 0.4) is 0 Å². The lowest BCUT2D eigenvalue weighted by Crippen LogP contribution is -2.35. The van der Waals surface area contributed by atoms with E-state index in [4.69, 9.17) is 5.73 Å². The number of benzene rings is 1. The van der Waals surface area contributed by atoms with Gasteiger partial charge in [0, 0.05) is 17.6 Å². The summed E-state index contributed by atoms with van der Waals surface area (Å²) >= 11 is 1.56. The molecule has 2 unspecified atom stereocenters. The molecule has 122 valence electrons. The first-order chi connectivity index (χ1) is 9.61. The number of halogens is 2. The maximum absolute atomic E-state index is 12.4. The smallest absolute Gasteiger partial charge is 0.229 e. The molecule has 0 bridgehead atoms. The first-order valence-corrected chi connectivity index (χ1v) is 7.47. The molecule has 1 aromatic carbocycles. The minimum atomic E-state index is -0.320. The Morgan fingerprint density at radius 1 is 1.32 bits per heavy atom. The van der Waals surface area contributed by atoms with Gasteiger partial charge in [0.15, 0.2) is 0 Å². The number of amides is 1. The van der Waals surface area contributed by atoms with Crippen LogP contribution in [0.5, 0.6) is 0 Å². The van der Waals surface area contributed by atoms with E-state index in [-0.39, 0.29) is 42.7 Å². The number of thiazole rings is 1. The Labute approximate surface area is 147 Å². The highest BCUT2D eigenvalue weighted by atomic mass is 35.5. The number of hydrogen-bond acceptors (Lipinski definition) is 4. The molecule has 1 aromatic heterocycles. The van der Waals surface area contributed by atoms with Crippen LogP contribution in [0.15, 0.2) is 35.7 Å². The molecule has 0 aliphatic carbocycles. The van der Waals surface area contributed by atoms with Gasteiger partial charge in [0.2, 0.25) is 5.91 Å². The maximum atomic E-state index is 12.4. The second kappa shape index (κ2) is 9.79. The average Bonchev–Trinajstić information content (AvgIpc) is 2.87. The number of nitrogens with zero attached hydrogens (tertiary/aromatic N) is 1. The van der Waals surface area contributed by atoms with Crippen LogP contribution >= 0.6 is 36.2 Å². The molecule has 0 saturated carbocycles. The summed E-state index contributed by atoms with van der Waals surface area (Å²) in [5.74, 6) is -0.376. The molecule has 4 nitrogen and oxygen atoms in total. The van der Waals surface area contributed by atoms with Crippen LogP contribution in [-0.2, 0) is 4.79 Å². The van der Waals surface area contributed by atoms with E-state index in [1.54, 1.807) is 11.3 Å². The highest BCUT2D eigenvalue weighted by Gasteiger charge is 2.21. The van der Waals surface area contributed by atoms with E-state index >= 15 is 0 Å². The Kier molecular flexibility index (Phi) is 9.28. The van der Waals surface area contributed by atoms with Crippen molar-refractivity contribution in [3.05, 3.63) is 52.0 Å². The molecule has 2 atom stereocenters. The van der Waals surface area contributed by atoms with Gasteiger partial charge in [0.25, 0.3) is 0 Å². The summed E-state index contributed by atoms with van der Waals surface area (Å²) in [5.41, 5.74) is 7.67. The molecular weight excluding hydrogens is 341 g/mol. The third-order valence-corrected chi connectivity index (χ3v) is 4.27. The Morgan fingerprint density at radius 2 is 1.95 bits per heavy atom. The molecule has 1 amide bonds. The van der Waals surface area contributed by atoms with Gasteiger partial charge in [-0.05, 0) is 19.4 Å². The zero-order chi connectivity index (χ0) is 14.5. The summed E-state index contributed by atoms with van der Waals surface area (Å²) in [6.45, 7) is 4.18. The van der Waals surface area contributed by atoms with Crippen LogP contribution in [0.4, 0.5) is 0 Å². The number of aryl methyl sites for hydroxylation is 1. The fraction of sp³-hybridized carbons (Fsp3) is 0.333.